The minimum atomic E-state index is -0.514. The number of Topliss-reactive ketones (excluding diaryl/α,β-unsaturated/α-hetero) is 1. The Hall–Kier alpha value is -2.04. The highest BCUT2D eigenvalue weighted by molar-refractivity contribution is 5.93. The van der Waals surface area contributed by atoms with Crippen molar-refractivity contribution in [1.82, 2.24) is 0 Å². The van der Waals surface area contributed by atoms with Crippen LogP contribution in [0.4, 0.5) is 0 Å². The molecule has 0 unspecified atom stereocenters. The third-order valence-electron chi connectivity index (χ3n) is 6.55. The molecule has 0 radical (unpaired) electrons. The maximum atomic E-state index is 13.0. The van der Waals surface area contributed by atoms with Crippen LogP contribution in [0.5, 0.6) is 11.5 Å². The number of rotatable bonds is 6. The third-order valence-corrected chi connectivity index (χ3v) is 6.55. The molecule has 1 aromatic carbocycles. The Labute approximate surface area is 154 Å². The van der Waals surface area contributed by atoms with Gasteiger partial charge in [0, 0.05) is 11.5 Å². The van der Waals surface area contributed by atoms with Crippen molar-refractivity contribution in [2.75, 3.05) is 20.8 Å². The Kier molecular flexibility index (Phi) is 4.41. The number of carbonyl (C=O) groups excluding carboxylic acids is 2. The predicted molar refractivity (Wildman–Crippen MR) is 95.4 cm³/mol. The highest BCUT2D eigenvalue weighted by atomic mass is 16.5. The summed E-state index contributed by atoms with van der Waals surface area (Å²) < 4.78 is 15.7. The van der Waals surface area contributed by atoms with E-state index in [2.05, 4.69) is 0 Å². The Morgan fingerprint density at radius 1 is 0.923 bits per heavy atom. The van der Waals surface area contributed by atoms with Gasteiger partial charge in [-0.05, 0) is 68.4 Å². The summed E-state index contributed by atoms with van der Waals surface area (Å²) in [5.74, 6) is 2.73. The minimum Gasteiger partial charge on any atom is -0.497 e. The van der Waals surface area contributed by atoms with Crippen molar-refractivity contribution in [2.24, 2.45) is 23.2 Å². The summed E-state index contributed by atoms with van der Waals surface area (Å²) in [6.45, 7) is -0.134. The first-order chi connectivity index (χ1) is 12.5. The fraction of sp³-hybridized carbons (Fsp3) is 0.619. The summed E-state index contributed by atoms with van der Waals surface area (Å²) in [7, 11) is 3.06. The summed E-state index contributed by atoms with van der Waals surface area (Å²) in [5, 5.41) is 0. The van der Waals surface area contributed by atoms with Gasteiger partial charge < -0.3 is 14.2 Å². The first-order valence-electron chi connectivity index (χ1n) is 9.45. The van der Waals surface area contributed by atoms with Crippen LogP contribution < -0.4 is 9.47 Å². The molecule has 4 fully saturated rings. The molecular formula is C21H26O5. The van der Waals surface area contributed by atoms with E-state index in [9.17, 15) is 9.59 Å². The van der Waals surface area contributed by atoms with Gasteiger partial charge >= 0.3 is 5.97 Å². The van der Waals surface area contributed by atoms with Crippen LogP contribution in [0.1, 0.15) is 48.9 Å². The zero-order valence-electron chi connectivity index (χ0n) is 15.5. The van der Waals surface area contributed by atoms with Crippen LogP contribution in [0.25, 0.3) is 0 Å². The van der Waals surface area contributed by atoms with E-state index >= 15 is 0 Å². The molecule has 0 spiro atoms. The molecule has 0 heterocycles. The maximum absolute atomic E-state index is 13.0. The fourth-order valence-corrected chi connectivity index (χ4v) is 5.74. The molecule has 26 heavy (non-hydrogen) atoms. The van der Waals surface area contributed by atoms with Crippen LogP contribution in [-0.2, 0) is 9.53 Å². The van der Waals surface area contributed by atoms with Crippen molar-refractivity contribution in [2.45, 2.75) is 38.5 Å². The first-order valence-corrected chi connectivity index (χ1v) is 9.45. The monoisotopic (exact) mass is 358 g/mol. The molecule has 5 nitrogen and oxygen atoms in total. The second-order valence-electron chi connectivity index (χ2n) is 8.30. The third kappa shape index (κ3) is 3.08. The zero-order chi connectivity index (χ0) is 18.3. The van der Waals surface area contributed by atoms with Crippen molar-refractivity contribution < 1.29 is 23.8 Å². The van der Waals surface area contributed by atoms with Crippen molar-refractivity contribution in [1.29, 1.82) is 0 Å². The SMILES string of the molecule is COc1cc(OC)cc(C(=O)OCC(=O)C23CC4CC(CC(C4)C2)C3)c1. The van der Waals surface area contributed by atoms with Crippen molar-refractivity contribution in [3.8, 4) is 11.5 Å². The van der Waals surface area contributed by atoms with Crippen LogP contribution in [0.2, 0.25) is 0 Å². The van der Waals surface area contributed by atoms with Crippen molar-refractivity contribution in [3.63, 3.8) is 0 Å². The van der Waals surface area contributed by atoms with E-state index in [0.29, 0.717) is 34.8 Å². The van der Waals surface area contributed by atoms with Gasteiger partial charge in [0.05, 0.1) is 19.8 Å². The highest BCUT2D eigenvalue weighted by Crippen LogP contribution is 2.60. The first kappa shape index (κ1) is 17.4. The molecule has 4 aliphatic rings. The molecule has 0 atom stereocenters. The lowest BCUT2D eigenvalue weighted by molar-refractivity contribution is -0.147. The lowest BCUT2D eigenvalue weighted by Crippen LogP contribution is -2.51. The van der Waals surface area contributed by atoms with E-state index in [4.69, 9.17) is 14.2 Å². The Balaban J connectivity index is 1.42. The summed E-state index contributed by atoms with van der Waals surface area (Å²) >= 11 is 0. The van der Waals surface area contributed by atoms with Crippen LogP contribution in [-0.4, -0.2) is 32.6 Å². The summed E-state index contributed by atoms with van der Waals surface area (Å²) in [6, 6.07) is 4.89. The molecule has 5 heteroatoms. The minimum absolute atomic E-state index is 0.111. The Morgan fingerprint density at radius 2 is 1.42 bits per heavy atom. The van der Waals surface area contributed by atoms with Crippen LogP contribution in [0.3, 0.4) is 0 Å². The number of esters is 1. The number of carbonyl (C=O) groups is 2. The molecule has 0 amide bonds. The molecule has 0 aliphatic heterocycles. The van der Waals surface area contributed by atoms with E-state index in [-0.39, 0.29) is 17.8 Å². The molecule has 1 aromatic rings. The van der Waals surface area contributed by atoms with Gasteiger partial charge in [-0.25, -0.2) is 4.79 Å². The van der Waals surface area contributed by atoms with Crippen LogP contribution in [0, 0.1) is 23.2 Å². The highest BCUT2D eigenvalue weighted by Gasteiger charge is 2.54. The van der Waals surface area contributed by atoms with Crippen LogP contribution in [0.15, 0.2) is 18.2 Å². The normalized spacial score (nSPS) is 31.5. The molecule has 4 saturated carbocycles. The Morgan fingerprint density at radius 3 is 1.88 bits per heavy atom. The molecule has 0 N–H and O–H groups in total. The summed E-state index contributed by atoms with van der Waals surface area (Å²) in [4.78, 5) is 25.4. The van der Waals surface area contributed by atoms with Crippen molar-refractivity contribution in [3.05, 3.63) is 23.8 Å². The molecule has 4 bridgehead atoms. The lowest BCUT2D eigenvalue weighted by Gasteiger charge is -2.55. The number of methoxy groups -OCH3 is 2. The fourth-order valence-electron chi connectivity index (χ4n) is 5.74. The summed E-state index contributed by atoms with van der Waals surface area (Å²) in [6.07, 6.45) is 6.83. The quantitative estimate of drug-likeness (QED) is 0.727. The van der Waals surface area contributed by atoms with Gasteiger partial charge in [-0.15, -0.1) is 0 Å². The van der Waals surface area contributed by atoms with Gasteiger partial charge in [0.25, 0.3) is 0 Å². The molecule has 0 aromatic heterocycles. The molecule has 0 saturated heterocycles. The number of ketones is 1. The molecule has 140 valence electrons. The second-order valence-corrected chi connectivity index (χ2v) is 8.30. The number of ether oxygens (including phenoxy) is 3. The van der Waals surface area contributed by atoms with Gasteiger partial charge in [-0.3, -0.25) is 4.79 Å². The van der Waals surface area contributed by atoms with Crippen LogP contribution >= 0.6 is 0 Å². The van der Waals surface area contributed by atoms with Gasteiger partial charge in [0.1, 0.15) is 11.5 Å². The number of hydrogen-bond donors (Lipinski definition) is 0. The van der Waals surface area contributed by atoms with E-state index in [1.54, 1.807) is 18.2 Å². The van der Waals surface area contributed by atoms with E-state index in [1.165, 1.54) is 33.5 Å². The number of benzene rings is 1. The smallest absolute Gasteiger partial charge is 0.338 e. The van der Waals surface area contributed by atoms with Crippen molar-refractivity contribution >= 4 is 11.8 Å². The topological polar surface area (TPSA) is 61.8 Å². The largest absolute Gasteiger partial charge is 0.497 e. The van der Waals surface area contributed by atoms with Gasteiger partial charge in [0.15, 0.2) is 12.4 Å². The van der Waals surface area contributed by atoms with Gasteiger partial charge in [0.2, 0.25) is 0 Å². The standard InChI is InChI=1S/C21H26O5/c1-24-17-6-16(7-18(8-17)25-2)20(23)26-12-19(22)21-9-13-3-14(10-21)5-15(4-13)11-21/h6-8,13-15H,3-5,9-12H2,1-2H3. The van der Waals surface area contributed by atoms with Gasteiger partial charge in [-0.2, -0.15) is 0 Å². The summed E-state index contributed by atoms with van der Waals surface area (Å²) in [5.41, 5.74) is 0.0979. The molecule has 5 rings (SSSR count). The van der Waals surface area contributed by atoms with E-state index in [0.717, 1.165) is 19.3 Å². The zero-order valence-corrected chi connectivity index (χ0v) is 15.5. The average molecular weight is 358 g/mol. The average Bonchev–Trinajstić information content (AvgIpc) is 2.64. The maximum Gasteiger partial charge on any atom is 0.338 e. The molecule has 4 aliphatic carbocycles. The molecular weight excluding hydrogens is 332 g/mol. The van der Waals surface area contributed by atoms with E-state index in [1.807, 2.05) is 0 Å². The van der Waals surface area contributed by atoms with Gasteiger partial charge in [-0.1, -0.05) is 0 Å². The second kappa shape index (κ2) is 6.60. The predicted octanol–water partition coefficient (Wildman–Crippen LogP) is 3.65. The lowest BCUT2D eigenvalue weighted by atomic mass is 9.48. The van der Waals surface area contributed by atoms with E-state index < -0.39 is 5.97 Å². The number of hydrogen-bond acceptors (Lipinski definition) is 5. The Bertz CT molecular complexity index is 666.